The van der Waals surface area contributed by atoms with Gasteiger partial charge in [-0.2, -0.15) is 0 Å². The third-order valence-electron chi connectivity index (χ3n) is 2.89. The number of nitrogens with one attached hydrogen (secondary N) is 1. The standard InChI is InChI=1S/C14H10ClFN2O3S2/c1-8-17-7-12(21-8)13-4-5-14(22-13)23(19,20)18-11-3-2-9(16)6-10(11)15/h2-7,18H,1H3. The summed E-state index contributed by atoms with van der Waals surface area (Å²) in [6, 6.07) is 6.52. The second-order valence-corrected chi connectivity index (χ2v) is 7.99. The Hall–Kier alpha value is -1.90. The number of aryl methyl sites for hydroxylation is 1. The highest BCUT2D eigenvalue weighted by molar-refractivity contribution is 7.94. The van der Waals surface area contributed by atoms with E-state index in [-0.39, 0.29) is 14.9 Å². The molecule has 0 aliphatic carbocycles. The van der Waals surface area contributed by atoms with Crippen LogP contribution in [0.5, 0.6) is 0 Å². The lowest BCUT2D eigenvalue weighted by Crippen LogP contribution is -2.11. The van der Waals surface area contributed by atoms with Crippen molar-refractivity contribution in [2.45, 2.75) is 11.1 Å². The Balaban J connectivity index is 1.89. The molecular formula is C14H10ClFN2O3S2. The fourth-order valence-electron chi connectivity index (χ4n) is 1.84. The predicted molar refractivity (Wildman–Crippen MR) is 86.8 cm³/mol. The fraction of sp³-hybridized carbons (Fsp3) is 0.0714. The summed E-state index contributed by atoms with van der Waals surface area (Å²) in [6.45, 7) is 1.70. The van der Waals surface area contributed by atoms with E-state index >= 15 is 0 Å². The predicted octanol–water partition coefficient (Wildman–Crippen LogP) is 4.30. The number of aromatic nitrogens is 1. The molecule has 0 saturated heterocycles. The van der Waals surface area contributed by atoms with Crippen molar-refractivity contribution in [2.24, 2.45) is 0 Å². The van der Waals surface area contributed by atoms with Crippen molar-refractivity contribution in [1.82, 2.24) is 4.98 Å². The highest BCUT2D eigenvalue weighted by atomic mass is 35.5. The molecular weight excluding hydrogens is 363 g/mol. The molecule has 0 aliphatic rings. The molecule has 2 aromatic heterocycles. The number of hydrogen-bond acceptors (Lipinski definition) is 5. The molecule has 0 fully saturated rings. The zero-order valence-corrected chi connectivity index (χ0v) is 14.1. The molecule has 0 atom stereocenters. The van der Waals surface area contributed by atoms with Gasteiger partial charge in [-0.3, -0.25) is 4.72 Å². The number of rotatable bonds is 4. The SMILES string of the molecule is Cc1ncc(-c2ccc(S(=O)(=O)Nc3ccc(F)cc3Cl)s2)o1. The van der Waals surface area contributed by atoms with E-state index in [0.717, 1.165) is 23.5 Å². The maximum absolute atomic E-state index is 13.0. The van der Waals surface area contributed by atoms with Gasteiger partial charge in [0.05, 0.1) is 21.8 Å². The normalized spacial score (nSPS) is 11.6. The van der Waals surface area contributed by atoms with Crippen LogP contribution >= 0.6 is 22.9 Å². The number of sulfonamides is 1. The molecule has 1 aromatic carbocycles. The molecule has 5 nitrogen and oxygen atoms in total. The Bertz CT molecular complexity index is 966. The summed E-state index contributed by atoms with van der Waals surface area (Å²) in [6.07, 6.45) is 1.53. The second kappa shape index (κ2) is 5.95. The van der Waals surface area contributed by atoms with Crippen LogP contribution in [0, 0.1) is 12.7 Å². The zero-order valence-electron chi connectivity index (χ0n) is 11.7. The van der Waals surface area contributed by atoms with Gasteiger partial charge >= 0.3 is 0 Å². The lowest BCUT2D eigenvalue weighted by molar-refractivity contribution is 0.535. The molecule has 3 aromatic rings. The molecule has 1 N–H and O–H groups in total. The van der Waals surface area contributed by atoms with Crippen molar-refractivity contribution >= 4 is 38.6 Å². The van der Waals surface area contributed by atoms with Gasteiger partial charge in [0, 0.05) is 6.92 Å². The van der Waals surface area contributed by atoms with Gasteiger partial charge in [0.15, 0.2) is 11.7 Å². The molecule has 0 unspecified atom stereocenters. The molecule has 3 rings (SSSR count). The number of anilines is 1. The Morgan fingerprint density at radius 1 is 1.30 bits per heavy atom. The molecule has 23 heavy (non-hydrogen) atoms. The van der Waals surface area contributed by atoms with Crippen LogP contribution in [0.25, 0.3) is 10.6 Å². The largest absolute Gasteiger partial charge is 0.440 e. The highest BCUT2D eigenvalue weighted by Crippen LogP contribution is 2.33. The van der Waals surface area contributed by atoms with Crippen molar-refractivity contribution < 1.29 is 17.2 Å². The summed E-state index contributed by atoms with van der Waals surface area (Å²) in [4.78, 5) is 4.61. The topological polar surface area (TPSA) is 72.2 Å². The van der Waals surface area contributed by atoms with Crippen LogP contribution in [0.3, 0.4) is 0 Å². The van der Waals surface area contributed by atoms with E-state index in [1.165, 1.54) is 18.3 Å². The smallest absolute Gasteiger partial charge is 0.271 e. The van der Waals surface area contributed by atoms with E-state index < -0.39 is 15.8 Å². The van der Waals surface area contributed by atoms with Gasteiger partial charge in [0.1, 0.15) is 10.0 Å². The minimum atomic E-state index is -3.83. The van der Waals surface area contributed by atoms with E-state index in [1.54, 1.807) is 13.0 Å². The Morgan fingerprint density at radius 3 is 2.74 bits per heavy atom. The molecule has 2 heterocycles. The molecule has 0 saturated carbocycles. The molecule has 0 amide bonds. The lowest BCUT2D eigenvalue weighted by atomic mass is 10.3. The minimum Gasteiger partial charge on any atom is -0.440 e. The number of halogens is 2. The first-order chi connectivity index (χ1) is 10.8. The van der Waals surface area contributed by atoms with Gasteiger partial charge in [-0.15, -0.1) is 11.3 Å². The lowest BCUT2D eigenvalue weighted by Gasteiger charge is -2.07. The minimum absolute atomic E-state index is 0.0174. The summed E-state index contributed by atoms with van der Waals surface area (Å²) in [7, 11) is -3.83. The van der Waals surface area contributed by atoms with Crippen LogP contribution in [0.4, 0.5) is 10.1 Å². The monoisotopic (exact) mass is 372 g/mol. The summed E-state index contributed by atoms with van der Waals surface area (Å²) in [5, 5.41) is -0.0174. The molecule has 0 radical (unpaired) electrons. The number of hydrogen-bond donors (Lipinski definition) is 1. The first kappa shape index (κ1) is 16.0. The fourth-order valence-corrected chi connectivity index (χ4v) is 4.44. The van der Waals surface area contributed by atoms with Gasteiger partial charge < -0.3 is 4.42 Å². The first-order valence-electron chi connectivity index (χ1n) is 6.36. The third kappa shape index (κ3) is 3.39. The molecule has 0 aliphatic heterocycles. The van der Waals surface area contributed by atoms with Gasteiger partial charge in [0.2, 0.25) is 0 Å². The van der Waals surface area contributed by atoms with E-state index in [2.05, 4.69) is 9.71 Å². The highest BCUT2D eigenvalue weighted by Gasteiger charge is 2.20. The molecule has 9 heteroatoms. The summed E-state index contributed by atoms with van der Waals surface area (Å²) >= 11 is 6.87. The van der Waals surface area contributed by atoms with Gasteiger partial charge in [0.25, 0.3) is 10.0 Å². The Labute approximate surface area is 140 Å². The Morgan fingerprint density at radius 2 is 2.09 bits per heavy atom. The average molecular weight is 373 g/mol. The second-order valence-electron chi connectivity index (χ2n) is 4.59. The van der Waals surface area contributed by atoms with E-state index in [1.807, 2.05) is 0 Å². The van der Waals surface area contributed by atoms with E-state index in [4.69, 9.17) is 16.0 Å². The molecule has 0 spiro atoms. The van der Waals surface area contributed by atoms with Crippen LogP contribution in [-0.4, -0.2) is 13.4 Å². The van der Waals surface area contributed by atoms with Crippen LogP contribution < -0.4 is 4.72 Å². The summed E-state index contributed by atoms with van der Waals surface area (Å²) < 4.78 is 45.6. The van der Waals surface area contributed by atoms with Crippen molar-refractivity contribution in [1.29, 1.82) is 0 Å². The zero-order chi connectivity index (χ0) is 16.6. The van der Waals surface area contributed by atoms with Crippen molar-refractivity contribution in [2.75, 3.05) is 4.72 Å². The van der Waals surface area contributed by atoms with Crippen LogP contribution in [0.2, 0.25) is 5.02 Å². The van der Waals surface area contributed by atoms with Crippen molar-refractivity contribution in [3.05, 3.63) is 53.3 Å². The van der Waals surface area contributed by atoms with Crippen molar-refractivity contribution in [3.8, 4) is 10.6 Å². The molecule has 120 valence electrons. The van der Waals surface area contributed by atoms with Gasteiger partial charge in [-0.25, -0.2) is 17.8 Å². The van der Waals surface area contributed by atoms with Gasteiger partial charge in [-0.05, 0) is 30.3 Å². The van der Waals surface area contributed by atoms with Crippen molar-refractivity contribution in [3.63, 3.8) is 0 Å². The number of nitrogens with zero attached hydrogens (tertiary/aromatic N) is 1. The third-order valence-corrected chi connectivity index (χ3v) is 6.16. The van der Waals surface area contributed by atoms with E-state index in [9.17, 15) is 12.8 Å². The average Bonchev–Trinajstić information content (AvgIpc) is 3.10. The van der Waals surface area contributed by atoms with Crippen LogP contribution in [-0.2, 0) is 10.0 Å². The van der Waals surface area contributed by atoms with E-state index in [0.29, 0.717) is 16.5 Å². The van der Waals surface area contributed by atoms with Crippen LogP contribution in [0.15, 0.2) is 45.2 Å². The number of benzene rings is 1. The maximum atomic E-state index is 13.0. The first-order valence-corrected chi connectivity index (χ1v) is 9.03. The summed E-state index contributed by atoms with van der Waals surface area (Å²) in [5.41, 5.74) is 0.110. The number of thiophene rings is 1. The maximum Gasteiger partial charge on any atom is 0.271 e. The summed E-state index contributed by atoms with van der Waals surface area (Å²) in [5.74, 6) is 0.444. The molecule has 0 bridgehead atoms. The quantitative estimate of drug-likeness (QED) is 0.740. The number of oxazole rings is 1. The Kier molecular flexibility index (Phi) is 4.13. The van der Waals surface area contributed by atoms with Crippen LogP contribution in [0.1, 0.15) is 5.89 Å². The van der Waals surface area contributed by atoms with Gasteiger partial charge in [-0.1, -0.05) is 11.6 Å².